The molecule has 0 saturated heterocycles. The highest BCUT2D eigenvalue weighted by Gasteiger charge is 2.24. The van der Waals surface area contributed by atoms with Crippen molar-refractivity contribution in [2.75, 3.05) is 9.80 Å². The second-order valence-electron chi connectivity index (χ2n) is 21.3. The van der Waals surface area contributed by atoms with E-state index in [9.17, 15) is 0 Å². The first-order valence-electron chi connectivity index (χ1n) is 28.3. The average Bonchev–Trinajstić information content (AvgIpc) is 1.86. The van der Waals surface area contributed by atoms with Gasteiger partial charge in [0.1, 0.15) is 11.2 Å². The maximum atomic E-state index is 7.47. The summed E-state index contributed by atoms with van der Waals surface area (Å²) >= 11 is 0. The maximum absolute atomic E-state index is 7.47. The van der Waals surface area contributed by atoms with Gasteiger partial charge in [0.25, 0.3) is 0 Å². The molecule has 5 nitrogen and oxygen atoms in total. The highest BCUT2D eigenvalue weighted by molar-refractivity contribution is 6.29. The quantitative estimate of drug-likeness (QED) is 0.129. The summed E-state index contributed by atoms with van der Waals surface area (Å²) in [5.74, 6) is 0. The van der Waals surface area contributed by atoms with E-state index >= 15 is 0 Å². The highest BCUT2D eigenvalue weighted by Crippen LogP contribution is 2.47. The van der Waals surface area contributed by atoms with Gasteiger partial charge in [-0.05, 0) is 173 Å². The van der Waals surface area contributed by atoms with Gasteiger partial charge < -0.3 is 23.4 Å². The lowest BCUT2D eigenvalue weighted by atomic mass is 10.0. The smallest absolute Gasteiger partial charge is 0.145 e. The van der Waals surface area contributed by atoms with Gasteiger partial charge in [-0.25, -0.2) is 0 Å². The van der Waals surface area contributed by atoms with E-state index in [1.807, 2.05) is 0 Å². The van der Waals surface area contributed by atoms with Gasteiger partial charge in [0.15, 0.2) is 0 Å². The second-order valence-corrected chi connectivity index (χ2v) is 21.3. The molecule has 16 rings (SSSR count). The molecule has 0 amide bonds. The van der Waals surface area contributed by atoms with Crippen molar-refractivity contribution in [2.24, 2.45) is 0 Å². The van der Waals surface area contributed by atoms with E-state index in [1.54, 1.807) is 0 Å². The van der Waals surface area contributed by atoms with Crippen LogP contribution in [0.2, 0.25) is 0 Å². The minimum atomic E-state index is 0.878. The number of hydrogen-bond acceptors (Lipinski definition) is 3. The van der Waals surface area contributed by atoms with E-state index in [-0.39, 0.29) is 0 Å². The predicted molar refractivity (Wildman–Crippen MR) is 348 cm³/mol. The highest BCUT2D eigenvalue weighted by atomic mass is 16.3. The standard InChI is InChI=1S/C78H52N4O/c1-6-18-53(19-7-1)56-30-35-61(36-31-56)79(59-24-12-4-13-25-59)63-39-43-65(44-40-63)81-71-29-17-16-28-69(71)75-73(81)50-47-67-68-48-51-74-76(78(68)83-77(67)75)70-52-58(55-22-10-3-11-23-55)34-49-72(70)82(74)66-45-41-64(42-46-66)80(60-26-14-5-15-27-60)62-37-32-57(33-38-62)54-20-8-2-9-21-54/h1-52H. The van der Waals surface area contributed by atoms with Gasteiger partial charge in [-0.2, -0.15) is 0 Å². The van der Waals surface area contributed by atoms with Gasteiger partial charge in [-0.1, -0.05) is 176 Å². The lowest BCUT2D eigenvalue weighted by molar-refractivity contribution is 0.677. The van der Waals surface area contributed by atoms with Crippen molar-refractivity contribution in [1.82, 2.24) is 9.13 Å². The number of rotatable bonds is 11. The molecule has 0 spiro atoms. The van der Waals surface area contributed by atoms with Crippen LogP contribution in [0.4, 0.5) is 34.1 Å². The van der Waals surface area contributed by atoms with E-state index in [0.29, 0.717) is 0 Å². The van der Waals surface area contributed by atoms with E-state index in [4.69, 9.17) is 4.42 Å². The lowest BCUT2D eigenvalue weighted by Gasteiger charge is -2.26. The number of nitrogens with zero attached hydrogens (tertiary/aromatic N) is 4. The van der Waals surface area contributed by atoms with E-state index in [0.717, 1.165) is 117 Å². The molecule has 390 valence electrons. The molecule has 3 heterocycles. The Balaban J connectivity index is 0.828. The van der Waals surface area contributed by atoms with Crippen molar-refractivity contribution in [3.63, 3.8) is 0 Å². The van der Waals surface area contributed by atoms with Crippen LogP contribution in [0.15, 0.2) is 320 Å². The average molecular weight is 1060 g/mol. The molecule has 0 aliphatic rings. The van der Waals surface area contributed by atoms with Crippen LogP contribution in [-0.4, -0.2) is 9.13 Å². The van der Waals surface area contributed by atoms with Crippen molar-refractivity contribution in [3.05, 3.63) is 315 Å². The summed E-state index contributed by atoms with van der Waals surface area (Å²) in [7, 11) is 0. The molecule has 0 atom stereocenters. The molecule has 0 bridgehead atoms. The van der Waals surface area contributed by atoms with Crippen LogP contribution < -0.4 is 9.80 Å². The van der Waals surface area contributed by atoms with Crippen molar-refractivity contribution in [3.8, 4) is 44.8 Å². The number of furan rings is 1. The molecule has 3 aromatic heterocycles. The fourth-order valence-corrected chi connectivity index (χ4v) is 12.6. The summed E-state index contributed by atoms with van der Waals surface area (Å²) in [4.78, 5) is 4.65. The maximum Gasteiger partial charge on any atom is 0.145 e. The number of hydrogen-bond donors (Lipinski definition) is 0. The zero-order valence-corrected chi connectivity index (χ0v) is 45.2. The van der Waals surface area contributed by atoms with Crippen LogP contribution in [0.25, 0.3) is 110 Å². The number of anilines is 6. The number of fused-ring (bicyclic) bond motifs is 11. The Morgan fingerprint density at radius 2 is 0.530 bits per heavy atom. The van der Waals surface area contributed by atoms with Gasteiger partial charge in [-0.3, -0.25) is 0 Å². The van der Waals surface area contributed by atoms with E-state index in [2.05, 4.69) is 334 Å². The summed E-state index contributed by atoms with van der Waals surface area (Å²) in [6.45, 7) is 0. The Labute approximate surface area is 480 Å². The fourth-order valence-electron chi connectivity index (χ4n) is 12.6. The van der Waals surface area contributed by atoms with Crippen LogP contribution in [-0.2, 0) is 0 Å². The van der Waals surface area contributed by atoms with Gasteiger partial charge >= 0.3 is 0 Å². The Morgan fingerprint density at radius 1 is 0.217 bits per heavy atom. The minimum Gasteiger partial charge on any atom is -0.455 e. The predicted octanol–water partition coefficient (Wildman–Crippen LogP) is 21.7. The molecule has 0 aliphatic heterocycles. The second kappa shape index (κ2) is 19.9. The van der Waals surface area contributed by atoms with Crippen LogP contribution in [0, 0.1) is 0 Å². The van der Waals surface area contributed by atoms with Crippen LogP contribution in [0.5, 0.6) is 0 Å². The molecule has 5 heteroatoms. The van der Waals surface area contributed by atoms with Gasteiger partial charge in [-0.15, -0.1) is 0 Å². The molecule has 0 N–H and O–H groups in total. The molecule has 0 unspecified atom stereocenters. The summed E-state index contributed by atoms with van der Waals surface area (Å²) < 4.78 is 12.3. The first-order valence-corrected chi connectivity index (χ1v) is 28.3. The molecule has 16 aromatic rings. The minimum absolute atomic E-state index is 0.878. The first-order chi connectivity index (χ1) is 41.2. The van der Waals surface area contributed by atoms with Gasteiger partial charge in [0.05, 0.1) is 32.8 Å². The molecule has 13 aromatic carbocycles. The molecule has 0 fully saturated rings. The van der Waals surface area contributed by atoms with Gasteiger partial charge in [0, 0.05) is 67.0 Å². The Bertz CT molecular complexity index is 5010. The monoisotopic (exact) mass is 1060 g/mol. The molecule has 0 aliphatic carbocycles. The molecule has 83 heavy (non-hydrogen) atoms. The summed E-state index contributed by atoms with van der Waals surface area (Å²) in [6, 6.07) is 113. The van der Waals surface area contributed by atoms with E-state index < -0.39 is 0 Å². The third-order valence-corrected chi connectivity index (χ3v) is 16.5. The number of para-hydroxylation sites is 3. The van der Waals surface area contributed by atoms with Crippen molar-refractivity contribution < 1.29 is 4.42 Å². The Morgan fingerprint density at radius 3 is 0.976 bits per heavy atom. The van der Waals surface area contributed by atoms with Crippen LogP contribution >= 0.6 is 0 Å². The molecular formula is C78H52N4O. The molecular weight excluding hydrogens is 1010 g/mol. The van der Waals surface area contributed by atoms with Crippen molar-refractivity contribution in [1.29, 1.82) is 0 Å². The molecule has 0 radical (unpaired) electrons. The van der Waals surface area contributed by atoms with Crippen LogP contribution in [0.3, 0.4) is 0 Å². The Kier molecular flexibility index (Phi) is 11.5. The summed E-state index contributed by atoms with van der Waals surface area (Å²) in [5, 5.41) is 6.64. The zero-order valence-electron chi connectivity index (χ0n) is 45.2. The third kappa shape index (κ3) is 8.16. The fraction of sp³-hybridized carbons (Fsp3) is 0. The normalized spacial score (nSPS) is 11.6. The van der Waals surface area contributed by atoms with Crippen molar-refractivity contribution >= 4 is 99.7 Å². The lowest BCUT2D eigenvalue weighted by Crippen LogP contribution is -2.10. The Hall–Kier alpha value is -11.1. The van der Waals surface area contributed by atoms with Crippen LogP contribution in [0.1, 0.15) is 0 Å². The van der Waals surface area contributed by atoms with Gasteiger partial charge in [0.2, 0.25) is 0 Å². The zero-order chi connectivity index (χ0) is 54.8. The number of aromatic nitrogens is 2. The van der Waals surface area contributed by atoms with E-state index in [1.165, 1.54) is 27.8 Å². The topological polar surface area (TPSA) is 29.5 Å². The summed E-state index contributed by atoms with van der Waals surface area (Å²) in [6.07, 6.45) is 0. The van der Waals surface area contributed by atoms with Crippen molar-refractivity contribution in [2.45, 2.75) is 0 Å². The SMILES string of the molecule is c1ccc(-c2ccc(N(c3ccccc3)c3ccc(-n4c5ccccc5c5c6oc7c(ccc8c7c7cc(-c9ccccc9)ccc7n8-c7ccc(N(c8ccccc8)c8ccc(-c9ccccc9)cc8)cc7)c6ccc54)cc3)cc2)cc1. The summed E-state index contributed by atoms with van der Waals surface area (Å²) in [5.41, 5.74) is 21.9. The number of benzene rings is 13. The first kappa shape index (κ1) is 47.8. The largest absolute Gasteiger partial charge is 0.455 e. The molecule has 0 saturated carbocycles. The third-order valence-electron chi connectivity index (χ3n) is 16.5.